The Hall–Kier alpha value is -1.97. The minimum Gasteiger partial charge on any atom is -0.376 e. The molecule has 5 fully saturated rings. The van der Waals surface area contributed by atoms with Gasteiger partial charge in [0, 0.05) is 17.5 Å². The van der Waals surface area contributed by atoms with Crippen molar-refractivity contribution in [2.45, 2.75) is 81.7 Å². The Morgan fingerprint density at radius 2 is 1.50 bits per heavy atom. The summed E-state index contributed by atoms with van der Waals surface area (Å²) in [5.74, 6) is 1.31. The van der Waals surface area contributed by atoms with Gasteiger partial charge in [-0.15, -0.1) is 0 Å². The van der Waals surface area contributed by atoms with E-state index in [1.807, 2.05) is 0 Å². The Morgan fingerprint density at radius 3 is 2.15 bits per heavy atom. The summed E-state index contributed by atoms with van der Waals surface area (Å²) in [6, 6.07) is 23.2. The highest BCUT2D eigenvalue weighted by Crippen LogP contribution is 2.67. The average molecular weight is 471 g/mol. The molecule has 0 saturated heterocycles. The molecule has 7 rings (SSSR count). The largest absolute Gasteiger partial charge is 0.376 e. The maximum atomic E-state index is 6.27. The summed E-state index contributed by atoms with van der Waals surface area (Å²) in [4.78, 5) is 1.17. The lowest BCUT2D eigenvalue weighted by Crippen LogP contribution is -2.60. The lowest BCUT2D eigenvalue weighted by atomic mass is 9.41. The molecule has 0 amide bonds. The zero-order chi connectivity index (χ0) is 23.2. The first kappa shape index (κ1) is 22.5. The zero-order valence-corrected chi connectivity index (χ0v) is 21.0. The molecule has 0 aromatic heterocycles. The van der Waals surface area contributed by atoms with Crippen molar-refractivity contribution in [3.63, 3.8) is 0 Å². The number of nitrogens with two attached hydrogens (primary N) is 1. The Balaban J connectivity index is 1.29. The Kier molecular flexibility index (Phi) is 5.90. The van der Waals surface area contributed by atoms with E-state index in [1.54, 1.807) is 11.1 Å². The number of nitrogens with one attached hydrogen (secondary N) is 1. The summed E-state index contributed by atoms with van der Waals surface area (Å²) < 4.78 is 0. The summed E-state index contributed by atoms with van der Waals surface area (Å²) in [5.41, 5.74) is 11.3. The maximum Gasteiger partial charge on any atom is 0.0818 e. The second kappa shape index (κ2) is 8.91. The van der Waals surface area contributed by atoms with Crippen molar-refractivity contribution in [2.24, 2.45) is 23.0 Å². The van der Waals surface area contributed by atoms with Gasteiger partial charge in [-0.05, 0) is 92.6 Å². The highest BCUT2D eigenvalue weighted by Gasteiger charge is 2.61. The lowest BCUT2D eigenvalue weighted by Gasteiger charge is -2.63. The minimum absolute atomic E-state index is 0.153. The van der Waals surface area contributed by atoms with Gasteiger partial charge in [0.05, 0.1) is 4.99 Å². The van der Waals surface area contributed by atoms with Crippen LogP contribution in [0, 0.1) is 17.3 Å². The topological polar surface area (TPSA) is 38.0 Å². The van der Waals surface area contributed by atoms with Crippen molar-refractivity contribution in [3.8, 4) is 0 Å². The predicted molar refractivity (Wildman–Crippen MR) is 145 cm³/mol. The van der Waals surface area contributed by atoms with Crippen LogP contribution in [-0.4, -0.2) is 17.1 Å². The highest BCUT2D eigenvalue weighted by molar-refractivity contribution is 7.80. The Morgan fingerprint density at radius 1 is 0.882 bits per heavy atom. The first-order chi connectivity index (χ1) is 16.6. The van der Waals surface area contributed by atoms with E-state index in [0.29, 0.717) is 23.9 Å². The second-order valence-corrected chi connectivity index (χ2v) is 12.2. The van der Waals surface area contributed by atoms with Crippen LogP contribution in [0.1, 0.15) is 68.9 Å². The quantitative estimate of drug-likeness (QED) is 0.387. The van der Waals surface area contributed by atoms with E-state index >= 15 is 0 Å². The van der Waals surface area contributed by atoms with Gasteiger partial charge >= 0.3 is 0 Å². The third kappa shape index (κ3) is 4.05. The zero-order valence-electron chi connectivity index (χ0n) is 20.2. The molecule has 3 heteroatoms. The van der Waals surface area contributed by atoms with E-state index in [-0.39, 0.29) is 10.8 Å². The molecule has 5 aliphatic rings. The number of hydrogen-bond acceptors (Lipinski definition) is 2. The van der Waals surface area contributed by atoms with Crippen LogP contribution >= 0.6 is 12.2 Å². The first-order valence-electron chi connectivity index (χ1n) is 13.4. The minimum atomic E-state index is 0.153. The molecule has 0 aliphatic heterocycles. The third-order valence-electron chi connectivity index (χ3n) is 9.56. The fraction of sp³-hybridized carbons (Fsp3) is 0.516. The second-order valence-electron chi connectivity index (χ2n) is 11.8. The van der Waals surface area contributed by atoms with Crippen molar-refractivity contribution in [1.82, 2.24) is 5.32 Å². The van der Waals surface area contributed by atoms with Crippen LogP contribution in [0.4, 0.5) is 0 Å². The molecule has 0 heterocycles. The Bertz CT molecular complexity index is 1030. The van der Waals surface area contributed by atoms with Gasteiger partial charge in [-0.2, -0.15) is 0 Å². The molecule has 4 atom stereocenters. The number of hydrogen-bond donors (Lipinski definition) is 2. The summed E-state index contributed by atoms with van der Waals surface area (Å²) in [7, 11) is 0. The van der Waals surface area contributed by atoms with Crippen molar-refractivity contribution < 1.29 is 0 Å². The van der Waals surface area contributed by atoms with E-state index in [1.165, 1.54) is 42.7 Å². The van der Waals surface area contributed by atoms with Gasteiger partial charge in [-0.3, -0.25) is 0 Å². The van der Waals surface area contributed by atoms with Crippen LogP contribution in [0.15, 0.2) is 72.3 Å². The predicted octanol–water partition coefficient (Wildman–Crippen LogP) is 6.49. The molecule has 5 saturated carbocycles. The smallest absolute Gasteiger partial charge is 0.0818 e. The molecular formula is C31H38N2S. The summed E-state index contributed by atoms with van der Waals surface area (Å²) >= 11 is 6.27. The van der Waals surface area contributed by atoms with Crippen LogP contribution in [0.2, 0.25) is 0 Å². The summed E-state index contributed by atoms with van der Waals surface area (Å²) in [5, 5.41) is 3.89. The van der Waals surface area contributed by atoms with E-state index in [2.05, 4.69) is 72.1 Å². The highest BCUT2D eigenvalue weighted by atomic mass is 32.1. The molecule has 34 heavy (non-hydrogen) atoms. The number of rotatable bonds is 5. The molecule has 4 bridgehead atoms. The first-order valence-corrected chi connectivity index (χ1v) is 13.8. The van der Waals surface area contributed by atoms with Gasteiger partial charge in [0.2, 0.25) is 0 Å². The van der Waals surface area contributed by atoms with Crippen LogP contribution in [0.25, 0.3) is 0 Å². The third-order valence-corrected chi connectivity index (χ3v) is 10.1. The molecule has 3 N–H and O–H groups in total. The number of allylic oxidation sites excluding steroid dienone is 2. The Labute approximate surface area is 210 Å². The van der Waals surface area contributed by atoms with E-state index in [0.717, 1.165) is 32.1 Å². The molecule has 2 aromatic carbocycles. The van der Waals surface area contributed by atoms with Crippen LogP contribution < -0.4 is 11.1 Å². The normalized spacial score (nSPS) is 37.6. The van der Waals surface area contributed by atoms with Crippen LogP contribution in [-0.2, 0) is 11.8 Å². The molecule has 5 aliphatic carbocycles. The molecule has 3 unspecified atom stereocenters. The molecule has 0 spiro atoms. The van der Waals surface area contributed by atoms with E-state index < -0.39 is 0 Å². The van der Waals surface area contributed by atoms with E-state index in [9.17, 15) is 0 Å². The summed E-state index contributed by atoms with van der Waals surface area (Å²) in [6.07, 6.45) is 14.5. The lowest BCUT2D eigenvalue weighted by molar-refractivity contribution is 0.00543. The number of benzene rings is 2. The van der Waals surface area contributed by atoms with Gasteiger partial charge in [0.25, 0.3) is 0 Å². The fourth-order valence-corrected chi connectivity index (χ4v) is 8.52. The van der Waals surface area contributed by atoms with Crippen molar-refractivity contribution in [2.75, 3.05) is 0 Å². The van der Waals surface area contributed by atoms with Crippen molar-refractivity contribution >= 4 is 17.2 Å². The van der Waals surface area contributed by atoms with Crippen molar-refractivity contribution in [1.29, 1.82) is 0 Å². The van der Waals surface area contributed by atoms with Gasteiger partial charge in [0.15, 0.2) is 0 Å². The SMILES string of the molecule is NC1CCC(NC(=S)C23CC4CC(c5ccccc5)(C[C@H](C2)C4=CCc2ccccc2)C3)CC1. The standard InChI is InChI=1S/C31H38N2S/c32-26-12-14-27(15-13-26)33-29(34)31-19-23-17-30(21-31,25-9-5-2-6-10-25)18-24(20-31)28(23)16-11-22-7-3-1-4-8-22/h1-10,16,23-24,26-27H,11-15,17-21,32H2,(H,33,34)/t23-,24?,26?,27?,30?,31?/m1/s1. The average Bonchev–Trinajstić information content (AvgIpc) is 2.86. The van der Waals surface area contributed by atoms with E-state index in [4.69, 9.17) is 18.0 Å². The summed E-state index contributed by atoms with van der Waals surface area (Å²) in [6.45, 7) is 0. The maximum absolute atomic E-state index is 6.27. The van der Waals surface area contributed by atoms with Crippen molar-refractivity contribution in [3.05, 3.63) is 83.4 Å². The molecular weight excluding hydrogens is 432 g/mol. The van der Waals surface area contributed by atoms with Crippen LogP contribution in [0.5, 0.6) is 0 Å². The van der Waals surface area contributed by atoms with Gasteiger partial charge in [-0.1, -0.05) is 84.5 Å². The van der Waals surface area contributed by atoms with Gasteiger partial charge in [-0.25, -0.2) is 0 Å². The molecule has 2 aromatic rings. The molecule has 0 radical (unpaired) electrons. The fourth-order valence-electron chi connectivity index (χ4n) is 8.12. The number of thiocarbonyl (C=S) groups is 1. The van der Waals surface area contributed by atoms with Gasteiger partial charge < -0.3 is 11.1 Å². The van der Waals surface area contributed by atoms with Gasteiger partial charge in [0.1, 0.15) is 0 Å². The van der Waals surface area contributed by atoms with Crippen LogP contribution in [0.3, 0.4) is 0 Å². The monoisotopic (exact) mass is 470 g/mol. The molecule has 178 valence electrons. The molecule has 2 nitrogen and oxygen atoms in total.